The topological polar surface area (TPSA) is 29.3 Å². The summed E-state index contributed by atoms with van der Waals surface area (Å²) in [7, 11) is 1.96. The maximum absolute atomic E-state index is 6.10. The highest BCUT2D eigenvalue weighted by atomic mass is 35.5. The van der Waals surface area contributed by atoms with E-state index in [-0.39, 0.29) is 0 Å². The smallest absolute Gasteiger partial charge is 0.155 e. The lowest BCUT2D eigenvalue weighted by Crippen LogP contribution is -2.09. The predicted molar refractivity (Wildman–Crippen MR) is 67.2 cm³/mol. The third kappa shape index (κ3) is 2.20. The summed E-state index contributed by atoms with van der Waals surface area (Å²) in [5.74, 6) is 1.04. The highest BCUT2D eigenvalue weighted by molar-refractivity contribution is 6.32. The minimum absolute atomic E-state index is 0.597. The molecule has 0 saturated heterocycles. The Balaban J connectivity index is 2.33. The van der Waals surface area contributed by atoms with E-state index in [1.165, 1.54) is 5.56 Å². The monoisotopic (exact) mass is 237 g/mol. The van der Waals surface area contributed by atoms with Crippen molar-refractivity contribution in [3.63, 3.8) is 0 Å². The standard InChI is InChI=1S/C12H16ClN3/c1-9-5-6-10-12(13)15-11(16(10)8-9)4-3-7-14-2/h5-6,8,14H,3-4,7H2,1-2H3. The number of rotatable bonds is 4. The van der Waals surface area contributed by atoms with E-state index in [0.717, 1.165) is 30.7 Å². The summed E-state index contributed by atoms with van der Waals surface area (Å²) in [6.07, 6.45) is 4.10. The first-order valence-electron chi connectivity index (χ1n) is 5.50. The lowest BCUT2D eigenvalue weighted by Gasteiger charge is -2.02. The fraction of sp³-hybridized carbons (Fsp3) is 0.417. The summed E-state index contributed by atoms with van der Waals surface area (Å²) in [5.41, 5.74) is 2.21. The number of nitrogens with one attached hydrogen (secondary N) is 1. The zero-order chi connectivity index (χ0) is 11.5. The molecule has 0 aromatic carbocycles. The molecule has 0 aliphatic rings. The number of hydrogen-bond donors (Lipinski definition) is 1. The van der Waals surface area contributed by atoms with E-state index in [9.17, 15) is 0 Å². The number of hydrogen-bond acceptors (Lipinski definition) is 2. The normalized spacial score (nSPS) is 11.2. The van der Waals surface area contributed by atoms with Crippen LogP contribution in [0, 0.1) is 6.92 Å². The minimum Gasteiger partial charge on any atom is -0.320 e. The van der Waals surface area contributed by atoms with Crippen LogP contribution in [-0.4, -0.2) is 23.0 Å². The van der Waals surface area contributed by atoms with Crippen molar-refractivity contribution in [1.29, 1.82) is 0 Å². The Kier molecular flexibility index (Phi) is 3.46. The Morgan fingerprint density at radius 1 is 1.44 bits per heavy atom. The molecule has 0 atom stereocenters. The van der Waals surface area contributed by atoms with Gasteiger partial charge in [0.1, 0.15) is 5.82 Å². The molecule has 0 fully saturated rings. The molecule has 0 saturated carbocycles. The first-order chi connectivity index (χ1) is 7.72. The van der Waals surface area contributed by atoms with Crippen molar-refractivity contribution in [2.24, 2.45) is 0 Å². The Morgan fingerprint density at radius 2 is 2.25 bits per heavy atom. The fourth-order valence-corrected chi connectivity index (χ4v) is 2.06. The van der Waals surface area contributed by atoms with Gasteiger partial charge >= 0.3 is 0 Å². The van der Waals surface area contributed by atoms with Crippen LogP contribution >= 0.6 is 11.6 Å². The zero-order valence-electron chi connectivity index (χ0n) is 9.63. The molecule has 2 aromatic rings. The summed E-state index contributed by atoms with van der Waals surface area (Å²) in [6.45, 7) is 3.07. The molecule has 4 heteroatoms. The van der Waals surface area contributed by atoms with Gasteiger partial charge in [-0.3, -0.25) is 0 Å². The molecular formula is C12H16ClN3. The molecule has 0 aliphatic carbocycles. The molecule has 0 radical (unpaired) electrons. The van der Waals surface area contributed by atoms with Crippen LogP contribution in [-0.2, 0) is 6.42 Å². The van der Waals surface area contributed by atoms with Crippen LogP contribution in [0.5, 0.6) is 0 Å². The molecule has 2 rings (SSSR count). The van der Waals surface area contributed by atoms with Crippen LogP contribution in [0.15, 0.2) is 18.3 Å². The molecule has 2 heterocycles. The van der Waals surface area contributed by atoms with Gasteiger partial charge in [-0.25, -0.2) is 4.98 Å². The lowest BCUT2D eigenvalue weighted by atomic mass is 10.3. The Labute approximate surface area is 100 Å². The van der Waals surface area contributed by atoms with Crippen molar-refractivity contribution >= 4 is 17.1 Å². The van der Waals surface area contributed by atoms with Gasteiger partial charge in [-0.05, 0) is 38.6 Å². The minimum atomic E-state index is 0.597. The van der Waals surface area contributed by atoms with Gasteiger partial charge in [0.05, 0.1) is 5.52 Å². The van der Waals surface area contributed by atoms with Crippen LogP contribution in [0.1, 0.15) is 17.8 Å². The summed E-state index contributed by atoms with van der Waals surface area (Å²) < 4.78 is 2.09. The molecule has 0 spiro atoms. The summed E-state index contributed by atoms with van der Waals surface area (Å²) in [6, 6.07) is 4.08. The second-order valence-electron chi connectivity index (χ2n) is 3.99. The van der Waals surface area contributed by atoms with E-state index in [1.807, 2.05) is 13.1 Å². The van der Waals surface area contributed by atoms with Gasteiger partial charge in [-0.1, -0.05) is 17.7 Å². The summed E-state index contributed by atoms with van der Waals surface area (Å²) >= 11 is 6.10. The quantitative estimate of drug-likeness (QED) is 0.828. The Bertz CT molecular complexity index is 490. The molecule has 1 N–H and O–H groups in total. The molecule has 86 valence electrons. The van der Waals surface area contributed by atoms with Crippen LogP contribution in [0.25, 0.3) is 5.52 Å². The van der Waals surface area contributed by atoms with Crippen LogP contribution < -0.4 is 5.32 Å². The van der Waals surface area contributed by atoms with Gasteiger partial charge in [0, 0.05) is 12.6 Å². The molecule has 0 unspecified atom stereocenters. The van der Waals surface area contributed by atoms with Crippen molar-refractivity contribution in [1.82, 2.24) is 14.7 Å². The number of aryl methyl sites for hydroxylation is 2. The van der Waals surface area contributed by atoms with Gasteiger partial charge < -0.3 is 9.72 Å². The van der Waals surface area contributed by atoms with E-state index in [2.05, 4.69) is 33.9 Å². The van der Waals surface area contributed by atoms with Gasteiger partial charge in [0.15, 0.2) is 5.15 Å². The Hall–Kier alpha value is -1.06. The second kappa shape index (κ2) is 4.85. The number of aromatic nitrogens is 2. The Morgan fingerprint density at radius 3 is 3.00 bits per heavy atom. The summed E-state index contributed by atoms with van der Waals surface area (Å²) in [5, 5.41) is 3.73. The third-order valence-electron chi connectivity index (χ3n) is 2.64. The number of fused-ring (bicyclic) bond motifs is 1. The highest BCUT2D eigenvalue weighted by Gasteiger charge is 2.08. The highest BCUT2D eigenvalue weighted by Crippen LogP contribution is 2.19. The molecule has 0 bridgehead atoms. The first kappa shape index (κ1) is 11.4. The van der Waals surface area contributed by atoms with E-state index >= 15 is 0 Å². The average molecular weight is 238 g/mol. The van der Waals surface area contributed by atoms with Gasteiger partial charge in [0.2, 0.25) is 0 Å². The molecule has 2 aromatic heterocycles. The summed E-state index contributed by atoms with van der Waals surface area (Å²) in [4.78, 5) is 4.40. The second-order valence-corrected chi connectivity index (χ2v) is 4.35. The first-order valence-corrected chi connectivity index (χ1v) is 5.88. The number of pyridine rings is 1. The molecular weight excluding hydrogens is 222 g/mol. The molecule has 0 aliphatic heterocycles. The number of nitrogens with zero attached hydrogens (tertiary/aromatic N) is 2. The van der Waals surface area contributed by atoms with Crippen molar-refractivity contribution in [2.75, 3.05) is 13.6 Å². The van der Waals surface area contributed by atoms with Gasteiger partial charge in [-0.2, -0.15) is 0 Å². The maximum atomic E-state index is 6.10. The van der Waals surface area contributed by atoms with E-state index in [0.29, 0.717) is 5.15 Å². The largest absolute Gasteiger partial charge is 0.320 e. The molecule has 16 heavy (non-hydrogen) atoms. The van der Waals surface area contributed by atoms with Crippen molar-refractivity contribution in [3.8, 4) is 0 Å². The van der Waals surface area contributed by atoms with Crippen LogP contribution in [0.3, 0.4) is 0 Å². The fourth-order valence-electron chi connectivity index (χ4n) is 1.81. The maximum Gasteiger partial charge on any atom is 0.155 e. The molecule has 0 amide bonds. The van der Waals surface area contributed by atoms with E-state index < -0.39 is 0 Å². The van der Waals surface area contributed by atoms with Crippen LogP contribution in [0.2, 0.25) is 5.15 Å². The zero-order valence-corrected chi connectivity index (χ0v) is 10.4. The van der Waals surface area contributed by atoms with Crippen molar-refractivity contribution < 1.29 is 0 Å². The predicted octanol–water partition coefficient (Wildman–Crippen LogP) is 2.45. The van der Waals surface area contributed by atoms with E-state index in [1.54, 1.807) is 0 Å². The SMILES string of the molecule is CNCCCc1nc(Cl)c2ccc(C)cn12. The number of imidazole rings is 1. The average Bonchev–Trinajstić information content (AvgIpc) is 2.56. The van der Waals surface area contributed by atoms with Gasteiger partial charge in [0.25, 0.3) is 0 Å². The van der Waals surface area contributed by atoms with Gasteiger partial charge in [-0.15, -0.1) is 0 Å². The van der Waals surface area contributed by atoms with E-state index in [4.69, 9.17) is 11.6 Å². The third-order valence-corrected chi connectivity index (χ3v) is 2.92. The van der Waals surface area contributed by atoms with Crippen LogP contribution in [0.4, 0.5) is 0 Å². The van der Waals surface area contributed by atoms with Crippen molar-refractivity contribution in [2.45, 2.75) is 19.8 Å². The molecule has 3 nitrogen and oxygen atoms in total. The number of halogens is 1. The van der Waals surface area contributed by atoms with Crippen molar-refractivity contribution in [3.05, 3.63) is 34.9 Å². The lowest BCUT2D eigenvalue weighted by molar-refractivity contribution is 0.700.